The van der Waals surface area contributed by atoms with Crippen molar-refractivity contribution in [2.24, 2.45) is 0 Å². The van der Waals surface area contributed by atoms with E-state index < -0.39 is 18.7 Å². The van der Waals surface area contributed by atoms with Gasteiger partial charge in [-0.2, -0.15) is 0 Å². The molecular weight excluding hydrogens is 351 g/mol. The zero-order valence-corrected chi connectivity index (χ0v) is 12.7. The monoisotopic (exact) mass is 358 g/mol. The Morgan fingerprint density at radius 3 is 2.24 bits per heavy atom. The van der Waals surface area contributed by atoms with Crippen LogP contribution in [0, 0.1) is 0 Å². The molecule has 1 aromatic carbocycles. The van der Waals surface area contributed by atoms with Crippen LogP contribution in [0.2, 0.25) is 5.02 Å². The molecule has 0 aliphatic carbocycles. The highest BCUT2D eigenvalue weighted by Gasteiger charge is 2.45. The third-order valence-electron chi connectivity index (χ3n) is 2.14. The van der Waals surface area contributed by atoms with E-state index in [4.69, 9.17) is 23.2 Å². The van der Waals surface area contributed by atoms with Gasteiger partial charge in [-0.15, -0.1) is 0 Å². The summed E-state index contributed by atoms with van der Waals surface area (Å²) in [6.07, 6.45) is 0. The van der Waals surface area contributed by atoms with Crippen molar-refractivity contribution < 1.29 is 13.2 Å². The zero-order chi connectivity index (χ0) is 13.3. The second-order valence-electron chi connectivity index (χ2n) is 3.26. The van der Waals surface area contributed by atoms with E-state index in [1.54, 1.807) is 0 Å². The minimum Gasteiger partial charge on any atom is -0.290 e. The van der Waals surface area contributed by atoms with Crippen LogP contribution in [-0.4, -0.2) is 23.1 Å². The fourth-order valence-corrected chi connectivity index (χ4v) is 3.33. The average molecular weight is 360 g/mol. The second kappa shape index (κ2) is 5.26. The van der Waals surface area contributed by atoms with Crippen molar-refractivity contribution >= 4 is 54.8 Å². The van der Waals surface area contributed by atoms with E-state index in [1.165, 1.54) is 31.2 Å². The Hall–Kier alpha value is -0.100. The highest BCUT2D eigenvalue weighted by molar-refractivity contribution is 9.12. The van der Waals surface area contributed by atoms with Crippen molar-refractivity contribution in [2.45, 2.75) is 10.0 Å². The highest BCUT2D eigenvalue weighted by atomic mass is 79.9. The highest BCUT2D eigenvalue weighted by Crippen LogP contribution is 2.35. The minimum absolute atomic E-state index is 0.179. The lowest BCUT2D eigenvalue weighted by Gasteiger charge is -2.18. The fraction of sp³-hybridized carbons (Fsp3) is 0.300. The molecule has 17 heavy (non-hydrogen) atoms. The van der Waals surface area contributed by atoms with Crippen LogP contribution in [0.4, 0.5) is 0 Å². The number of sulfone groups is 1. The summed E-state index contributed by atoms with van der Waals surface area (Å²) >= 11 is 14.3. The Labute approximate surface area is 118 Å². The maximum Gasteiger partial charge on any atom is 0.261 e. The molecule has 1 rings (SSSR count). The summed E-state index contributed by atoms with van der Waals surface area (Å²) in [7, 11) is -3.76. The molecule has 0 aromatic heterocycles. The number of alkyl halides is 2. The number of Topliss-reactive ketones (excluding diaryl/α,β-unsaturated/α-hetero) is 1. The lowest BCUT2D eigenvalue weighted by molar-refractivity contribution is 0.1000. The smallest absolute Gasteiger partial charge is 0.261 e. The molecule has 0 aliphatic rings. The summed E-state index contributed by atoms with van der Waals surface area (Å²) < 4.78 is 21.2. The van der Waals surface area contributed by atoms with Gasteiger partial charge < -0.3 is 0 Å². The van der Waals surface area contributed by atoms with Crippen LogP contribution in [0.15, 0.2) is 24.3 Å². The number of carbonyl (C=O) groups excluding carboxylic acids is 1. The summed E-state index contributed by atoms with van der Waals surface area (Å²) in [6.45, 7) is 1.42. The molecule has 0 saturated heterocycles. The van der Waals surface area contributed by atoms with E-state index in [9.17, 15) is 13.2 Å². The molecule has 1 aromatic rings. The minimum atomic E-state index is -3.76. The molecule has 0 amide bonds. The summed E-state index contributed by atoms with van der Waals surface area (Å²) in [5.41, 5.74) is 0.179. The third-order valence-corrected chi connectivity index (χ3v) is 6.84. The first-order chi connectivity index (χ1) is 7.72. The predicted octanol–water partition coefficient (Wildman–Crippen LogP) is 3.24. The van der Waals surface area contributed by atoms with Gasteiger partial charge in [0.25, 0.3) is 3.12 Å². The third kappa shape index (κ3) is 3.02. The number of benzene rings is 1. The van der Waals surface area contributed by atoms with Crippen LogP contribution in [-0.2, 0) is 9.84 Å². The number of rotatable bonds is 4. The van der Waals surface area contributed by atoms with Gasteiger partial charge in [0.05, 0.1) is 5.75 Å². The number of carbonyl (C=O) groups is 1. The normalized spacial score (nSPS) is 15.3. The summed E-state index contributed by atoms with van der Waals surface area (Å²) in [5, 5.41) is 0.453. The number of halogens is 3. The molecule has 0 saturated carbocycles. The molecule has 3 nitrogen and oxygen atoms in total. The van der Waals surface area contributed by atoms with Gasteiger partial charge in [0.1, 0.15) is 0 Å². The van der Waals surface area contributed by atoms with E-state index >= 15 is 0 Å². The fourth-order valence-electron chi connectivity index (χ4n) is 1.09. The van der Waals surface area contributed by atoms with Gasteiger partial charge in [-0.3, -0.25) is 4.79 Å². The van der Waals surface area contributed by atoms with E-state index in [-0.39, 0.29) is 11.3 Å². The van der Waals surface area contributed by atoms with Crippen molar-refractivity contribution in [3.63, 3.8) is 0 Å². The topological polar surface area (TPSA) is 51.2 Å². The molecular formula is C10H9BrCl2O3S. The van der Waals surface area contributed by atoms with Gasteiger partial charge in [-0.25, -0.2) is 8.42 Å². The van der Waals surface area contributed by atoms with Crippen LogP contribution in [0.1, 0.15) is 17.3 Å². The Balaban J connectivity index is 3.18. The lowest BCUT2D eigenvalue weighted by Crippen LogP contribution is -2.36. The molecule has 7 heteroatoms. The van der Waals surface area contributed by atoms with Crippen molar-refractivity contribution in [3.05, 3.63) is 34.9 Å². The van der Waals surface area contributed by atoms with Crippen LogP contribution in [0.25, 0.3) is 0 Å². The zero-order valence-electron chi connectivity index (χ0n) is 8.78. The Bertz CT molecular complexity index is 523. The second-order valence-corrected chi connectivity index (χ2v) is 9.07. The van der Waals surface area contributed by atoms with E-state index in [0.717, 1.165) is 0 Å². The van der Waals surface area contributed by atoms with Gasteiger partial charge in [-0.05, 0) is 40.2 Å². The first-order valence-electron chi connectivity index (χ1n) is 4.63. The molecule has 0 aliphatic heterocycles. The maximum absolute atomic E-state index is 12.0. The first kappa shape index (κ1) is 15.0. The number of hydrogen-bond acceptors (Lipinski definition) is 3. The first-order valence-corrected chi connectivity index (χ1v) is 7.83. The Kier molecular flexibility index (Phi) is 4.63. The molecule has 0 spiro atoms. The predicted molar refractivity (Wildman–Crippen MR) is 72.8 cm³/mol. The van der Waals surface area contributed by atoms with Crippen LogP contribution in [0.5, 0.6) is 0 Å². The van der Waals surface area contributed by atoms with Gasteiger partial charge in [0.15, 0.2) is 9.84 Å². The van der Waals surface area contributed by atoms with Crippen molar-refractivity contribution in [2.75, 3.05) is 5.75 Å². The largest absolute Gasteiger partial charge is 0.290 e. The summed E-state index contributed by atoms with van der Waals surface area (Å²) in [6, 6.07) is 5.84. The molecule has 0 heterocycles. The number of ketones is 1. The molecule has 0 radical (unpaired) electrons. The maximum atomic E-state index is 12.0. The van der Waals surface area contributed by atoms with Crippen molar-refractivity contribution in [1.29, 1.82) is 0 Å². The van der Waals surface area contributed by atoms with E-state index in [2.05, 4.69) is 15.9 Å². The van der Waals surface area contributed by atoms with Gasteiger partial charge in [-0.1, -0.05) is 30.1 Å². The average Bonchev–Trinajstić information content (AvgIpc) is 2.28. The van der Waals surface area contributed by atoms with Crippen LogP contribution < -0.4 is 0 Å². The Morgan fingerprint density at radius 2 is 1.82 bits per heavy atom. The standard InChI is InChI=1S/C10H9BrCl2O3S/c1-2-17(15,16)10(11,13)9(14)7-3-5-8(12)6-4-7/h3-6H,2H2,1H3. The summed E-state index contributed by atoms with van der Waals surface area (Å²) in [5.74, 6) is -0.959. The molecule has 0 fully saturated rings. The van der Waals surface area contributed by atoms with Crippen molar-refractivity contribution in [1.82, 2.24) is 0 Å². The van der Waals surface area contributed by atoms with Gasteiger partial charge in [0, 0.05) is 10.6 Å². The molecule has 1 unspecified atom stereocenters. The quantitative estimate of drug-likeness (QED) is 0.612. The van der Waals surface area contributed by atoms with Crippen LogP contribution >= 0.6 is 39.1 Å². The van der Waals surface area contributed by atoms with Gasteiger partial charge >= 0.3 is 0 Å². The van der Waals surface area contributed by atoms with E-state index in [1.807, 2.05) is 0 Å². The molecule has 94 valence electrons. The molecule has 0 bridgehead atoms. The molecule has 0 N–H and O–H groups in total. The van der Waals surface area contributed by atoms with Gasteiger partial charge in [0.2, 0.25) is 5.78 Å². The summed E-state index contributed by atoms with van der Waals surface area (Å²) in [4.78, 5) is 12.0. The number of hydrogen-bond donors (Lipinski definition) is 0. The van der Waals surface area contributed by atoms with Crippen molar-refractivity contribution in [3.8, 4) is 0 Å². The van der Waals surface area contributed by atoms with E-state index in [0.29, 0.717) is 5.02 Å². The lowest BCUT2D eigenvalue weighted by atomic mass is 10.1. The Morgan fingerprint density at radius 1 is 1.35 bits per heavy atom. The van der Waals surface area contributed by atoms with Crippen LogP contribution in [0.3, 0.4) is 0 Å². The molecule has 1 atom stereocenters. The SMILES string of the molecule is CCS(=O)(=O)C(Cl)(Br)C(=O)c1ccc(Cl)cc1.